The van der Waals surface area contributed by atoms with Crippen molar-refractivity contribution in [2.45, 2.75) is 31.4 Å². The Morgan fingerprint density at radius 2 is 1.87 bits per heavy atom. The number of aliphatic hydroxyl groups excluding tert-OH is 2. The highest BCUT2D eigenvalue weighted by molar-refractivity contribution is 6.22. The van der Waals surface area contributed by atoms with Crippen LogP contribution in [0.3, 0.4) is 0 Å². The number of aromatic hydroxyl groups is 1. The molecule has 2 amide bonds. The molecule has 13 nitrogen and oxygen atoms in total. The number of ether oxygens (including phenoxy) is 2. The van der Waals surface area contributed by atoms with E-state index in [-0.39, 0.29) is 49.3 Å². The Morgan fingerprint density at radius 3 is 2.49 bits per heavy atom. The molecule has 1 aromatic carbocycles. The normalized spacial score (nSPS) is 24.1. The molecule has 0 aromatic heterocycles. The highest BCUT2D eigenvalue weighted by atomic mass is 16.6. The maximum absolute atomic E-state index is 13.7. The van der Waals surface area contributed by atoms with Gasteiger partial charge in [0.15, 0.2) is 11.4 Å². The number of benzene rings is 1. The van der Waals surface area contributed by atoms with Gasteiger partial charge in [0.1, 0.15) is 29.4 Å². The number of aliphatic hydroxyl groups is 3. The first-order chi connectivity index (χ1) is 18.3. The van der Waals surface area contributed by atoms with Crippen molar-refractivity contribution in [1.82, 2.24) is 5.32 Å². The first-order valence-electron chi connectivity index (χ1n) is 12.3. The summed E-state index contributed by atoms with van der Waals surface area (Å²) in [4.78, 5) is 51.7. The number of ketones is 2. The SMILES string of the molecule is COCCOC(=O)NCc1cc(N(C)C)c2c(c1O)C(O)=C1C(=O)[C@]3(O)C(O)=C(C(N)=O)C(=O)C[C@@H]3C[C@@H]1C2. The summed E-state index contributed by atoms with van der Waals surface area (Å²) in [5, 5.41) is 47.1. The van der Waals surface area contributed by atoms with Gasteiger partial charge in [-0.2, -0.15) is 0 Å². The van der Waals surface area contributed by atoms with E-state index in [4.69, 9.17) is 15.2 Å². The highest BCUT2D eigenvalue weighted by Gasteiger charge is 2.60. The topological polar surface area (TPSA) is 209 Å². The number of amides is 2. The van der Waals surface area contributed by atoms with Crippen LogP contribution in [0.2, 0.25) is 0 Å². The number of methoxy groups -OCH3 is 1. The lowest BCUT2D eigenvalue weighted by Gasteiger charge is -2.46. The molecule has 0 spiro atoms. The van der Waals surface area contributed by atoms with Crippen molar-refractivity contribution < 1.29 is 49.1 Å². The van der Waals surface area contributed by atoms with Crippen LogP contribution in [-0.2, 0) is 36.8 Å². The van der Waals surface area contributed by atoms with Gasteiger partial charge < -0.3 is 45.9 Å². The molecule has 210 valence electrons. The molecule has 0 bridgehead atoms. The van der Waals surface area contributed by atoms with Gasteiger partial charge in [-0.05, 0) is 30.4 Å². The summed E-state index contributed by atoms with van der Waals surface area (Å²) in [6.07, 6.45) is -0.942. The number of carbonyl (C=O) groups excluding carboxylic acids is 4. The number of Topliss-reactive ketones (excluding diaryl/α,β-unsaturated/α-hetero) is 2. The van der Waals surface area contributed by atoms with Crippen molar-refractivity contribution in [3.63, 3.8) is 0 Å². The average Bonchev–Trinajstić information content (AvgIpc) is 2.85. The number of nitrogens with one attached hydrogen (secondary N) is 1. The maximum atomic E-state index is 13.7. The Bertz CT molecular complexity index is 1330. The number of primary amides is 1. The molecule has 3 aliphatic rings. The number of fused-ring (bicyclic) bond motifs is 3. The van der Waals surface area contributed by atoms with Gasteiger partial charge in [-0.25, -0.2) is 4.79 Å². The van der Waals surface area contributed by atoms with E-state index >= 15 is 0 Å². The van der Waals surface area contributed by atoms with Crippen LogP contribution in [0.15, 0.2) is 23.0 Å². The van der Waals surface area contributed by atoms with Crippen molar-refractivity contribution in [1.29, 1.82) is 0 Å². The second kappa shape index (κ2) is 10.2. The molecule has 3 atom stereocenters. The Hall–Kier alpha value is -4.10. The largest absolute Gasteiger partial charge is 0.508 e. The number of carbonyl (C=O) groups is 4. The molecule has 4 rings (SSSR count). The van der Waals surface area contributed by atoms with Gasteiger partial charge in [-0.15, -0.1) is 0 Å². The van der Waals surface area contributed by atoms with Crippen LogP contribution in [0.4, 0.5) is 10.5 Å². The second-order valence-corrected chi connectivity index (χ2v) is 10.0. The fourth-order valence-corrected chi connectivity index (χ4v) is 5.69. The van der Waals surface area contributed by atoms with E-state index in [9.17, 15) is 39.6 Å². The lowest BCUT2D eigenvalue weighted by molar-refractivity contribution is -0.147. The molecule has 0 radical (unpaired) electrons. The Balaban J connectivity index is 1.80. The minimum atomic E-state index is -2.64. The number of alkyl carbamates (subject to hydrolysis) is 1. The van der Waals surface area contributed by atoms with Gasteiger partial charge in [0, 0.05) is 56.9 Å². The predicted molar refractivity (Wildman–Crippen MR) is 136 cm³/mol. The molecule has 0 heterocycles. The van der Waals surface area contributed by atoms with Gasteiger partial charge in [-0.1, -0.05) is 0 Å². The van der Waals surface area contributed by atoms with Gasteiger partial charge in [-0.3, -0.25) is 14.4 Å². The zero-order valence-corrected chi connectivity index (χ0v) is 21.7. The monoisotopic (exact) mass is 545 g/mol. The van der Waals surface area contributed by atoms with Crippen LogP contribution in [0.5, 0.6) is 5.75 Å². The quantitative estimate of drug-likeness (QED) is 0.203. The Kier molecular flexibility index (Phi) is 7.32. The number of nitrogens with zero attached hydrogens (tertiary/aromatic N) is 1. The molecule has 0 unspecified atom stereocenters. The highest BCUT2D eigenvalue weighted by Crippen LogP contribution is 2.53. The lowest BCUT2D eigenvalue weighted by Crippen LogP contribution is -2.58. The number of nitrogens with two attached hydrogens (primary N) is 1. The van der Waals surface area contributed by atoms with Crippen LogP contribution in [0, 0.1) is 11.8 Å². The van der Waals surface area contributed by atoms with E-state index in [1.807, 2.05) is 0 Å². The molecule has 39 heavy (non-hydrogen) atoms. The molecular formula is C26H31N3O10. The van der Waals surface area contributed by atoms with Crippen LogP contribution in [0.25, 0.3) is 5.76 Å². The molecule has 7 N–H and O–H groups in total. The fraction of sp³-hybridized carbons (Fsp3) is 0.462. The van der Waals surface area contributed by atoms with Crippen LogP contribution in [-0.4, -0.2) is 84.0 Å². The molecule has 13 heteroatoms. The number of hydrogen-bond acceptors (Lipinski definition) is 11. The summed E-state index contributed by atoms with van der Waals surface area (Å²) in [5.74, 6) is -6.96. The first-order valence-corrected chi connectivity index (χ1v) is 12.3. The van der Waals surface area contributed by atoms with E-state index < -0.39 is 70.3 Å². The van der Waals surface area contributed by atoms with Gasteiger partial charge in [0.05, 0.1) is 12.2 Å². The molecule has 3 aliphatic carbocycles. The molecule has 0 aliphatic heterocycles. The fourth-order valence-electron chi connectivity index (χ4n) is 5.69. The van der Waals surface area contributed by atoms with Crippen molar-refractivity contribution in [3.8, 4) is 5.75 Å². The van der Waals surface area contributed by atoms with E-state index in [1.165, 1.54) is 7.11 Å². The van der Waals surface area contributed by atoms with Gasteiger partial charge in [0.2, 0.25) is 5.78 Å². The third-order valence-corrected chi connectivity index (χ3v) is 7.54. The van der Waals surface area contributed by atoms with Crippen LogP contribution < -0.4 is 16.0 Å². The van der Waals surface area contributed by atoms with Crippen molar-refractivity contribution >= 4 is 35.0 Å². The lowest BCUT2D eigenvalue weighted by atomic mass is 9.59. The summed E-state index contributed by atoms with van der Waals surface area (Å²) in [7, 11) is 4.95. The van der Waals surface area contributed by atoms with Crippen LogP contribution in [0.1, 0.15) is 29.5 Å². The molecular weight excluding hydrogens is 514 g/mol. The summed E-state index contributed by atoms with van der Waals surface area (Å²) in [6, 6.07) is 1.64. The standard InChI is InChI=1S/C26H31N3O10/c1-29(2)15-8-12(10-28-25(36)39-5-4-38-3)20(31)18-14(15)7-11-6-13-9-16(30)19(24(27)35)23(34)26(13,37)22(33)17(11)21(18)32/h8,11,13,31-32,34,37H,4-7,9-10H2,1-3H3,(H2,27,35)(H,28,36)/t11-,13+,26+/m1/s1. The first kappa shape index (κ1) is 27.9. The summed E-state index contributed by atoms with van der Waals surface area (Å²) in [5.41, 5.74) is 2.77. The van der Waals surface area contributed by atoms with Crippen molar-refractivity contribution in [3.05, 3.63) is 39.7 Å². The van der Waals surface area contributed by atoms with Crippen LogP contribution >= 0.6 is 0 Å². The minimum absolute atomic E-state index is 0.0199. The predicted octanol–water partition coefficient (Wildman–Crippen LogP) is 0.363. The number of phenolic OH excluding ortho intramolecular Hbond substituents is 1. The smallest absolute Gasteiger partial charge is 0.407 e. The van der Waals surface area contributed by atoms with E-state index in [2.05, 4.69) is 5.32 Å². The second-order valence-electron chi connectivity index (χ2n) is 10.0. The number of hydrogen-bond donors (Lipinski definition) is 6. The molecule has 1 fully saturated rings. The zero-order valence-electron chi connectivity index (χ0n) is 21.7. The zero-order chi connectivity index (χ0) is 28.8. The minimum Gasteiger partial charge on any atom is -0.508 e. The van der Waals surface area contributed by atoms with Gasteiger partial charge in [0.25, 0.3) is 5.91 Å². The maximum Gasteiger partial charge on any atom is 0.407 e. The van der Waals surface area contributed by atoms with E-state index in [0.29, 0.717) is 11.3 Å². The van der Waals surface area contributed by atoms with Crippen molar-refractivity contribution in [2.75, 3.05) is 39.3 Å². The van der Waals surface area contributed by atoms with Crippen molar-refractivity contribution in [2.24, 2.45) is 17.6 Å². The third-order valence-electron chi connectivity index (χ3n) is 7.54. The summed E-state index contributed by atoms with van der Waals surface area (Å²) < 4.78 is 9.79. The molecule has 1 saturated carbocycles. The number of phenols is 1. The summed E-state index contributed by atoms with van der Waals surface area (Å²) >= 11 is 0. The molecule has 1 aromatic rings. The van der Waals surface area contributed by atoms with Gasteiger partial charge >= 0.3 is 6.09 Å². The number of anilines is 1. The Labute approximate surface area is 223 Å². The van der Waals surface area contributed by atoms with E-state index in [0.717, 1.165) is 0 Å². The number of rotatable bonds is 7. The third kappa shape index (κ3) is 4.46. The molecule has 0 saturated heterocycles. The summed E-state index contributed by atoms with van der Waals surface area (Å²) in [6.45, 7) is 0.0451. The average molecular weight is 546 g/mol. The Morgan fingerprint density at radius 1 is 1.18 bits per heavy atom. The van der Waals surface area contributed by atoms with E-state index in [1.54, 1.807) is 25.1 Å².